The molecule has 2 N–H and O–H groups in total. The molecule has 2 amide bonds. The van der Waals surface area contributed by atoms with Crippen LogP contribution in [0.4, 0.5) is 0 Å². The predicted octanol–water partition coefficient (Wildman–Crippen LogP) is 3.88. The molecule has 0 atom stereocenters. The van der Waals surface area contributed by atoms with Crippen molar-refractivity contribution in [1.82, 2.24) is 10.4 Å². The first kappa shape index (κ1) is 18.9. The van der Waals surface area contributed by atoms with Crippen LogP contribution < -0.4 is 5.43 Å². The number of thiocarbonyl (C=S) groups is 1. The van der Waals surface area contributed by atoms with E-state index in [4.69, 9.17) is 12.2 Å². The van der Waals surface area contributed by atoms with Crippen LogP contribution in [0.5, 0.6) is 5.75 Å². The molecule has 7 heteroatoms. The molecule has 1 saturated heterocycles. The van der Waals surface area contributed by atoms with E-state index in [1.165, 1.54) is 12.1 Å². The number of thioether (sulfide) groups is 1. The van der Waals surface area contributed by atoms with Crippen molar-refractivity contribution in [2.75, 3.05) is 0 Å². The molecule has 5 nitrogen and oxygen atoms in total. The van der Waals surface area contributed by atoms with Crippen LogP contribution in [0.3, 0.4) is 0 Å². The van der Waals surface area contributed by atoms with Crippen molar-refractivity contribution >= 4 is 46.2 Å². The molecule has 27 heavy (non-hydrogen) atoms. The summed E-state index contributed by atoms with van der Waals surface area (Å²) in [5.74, 6) is -1.19. The lowest BCUT2D eigenvalue weighted by Gasteiger charge is -2.16. The molecule has 0 spiro atoms. The van der Waals surface area contributed by atoms with Crippen LogP contribution in [0.25, 0.3) is 6.08 Å². The summed E-state index contributed by atoms with van der Waals surface area (Å²) in [6, 6.07) is 15.8. The summed E-state index contributed by atoms with van der Waals surface area (Å²) >= 11 is 6.32. The van der Waals surface area contributed by atoms with Crippen LogP contribution in [0.15, 0.2) is 71.2 Å². The van der Waals surface area contributed by atoms with E-state index in [2.05, 4.69) is 5.43 Å². The minimum absolute atomic E-state index is 0.0654. The van der Waals surface area contributed by atoms with E-state index < -0.39 is 11.8 Å². The third kappa shape index (κ3) is 4.45. The highest BCUT2D eigenvalue weighted by molar-refractivity contribution is 8.26. The molecule has 1 aliphatic rings. The molecule has 0 unspecified atom stereocenters. The fourth-order valence-corrected chi connectivity index (χ4v) is 3.68. The fourth-order valence-electron chi connectivity index (χ4n) is 2.45. The van der Waals surface area contributed by atoms with Crippen molar-refractivity contribution < 1.29 is 14.7 Å². The van der Waals surface area contributed by atoms with Gasteiger partial charge in [-0.25, -0.2) is 0 Å². The van der Waals surface area contributed by atoms with Crippen LogP contribution in [0, 0.1) is 0 Å². The maximum Gasteiger partial charge on any atom is 0.285 e. The van der Waals surface area contributed by atoms with Gasteiger partial charge in [-0.1, -0.05) is 60.3 Å². The monoisotopic (exact) mass is 396 g/mol. The Morgan fingerprint density at radius 3 is 2.52 bits per heavy atom. The van der Waals surface area contributed by atoms with Crippen LogP contribution in [0.1, 0.15) is 22.8 Å². The molecule has 0 radical (unpaired) electrons. The Labute approximate surface area is 166 Å². The Morgan fingerprint density at radius 1 is 1.15 bits per heavy atom. The highest BCUT2D eigenvalue weighted by Crippen LogP contribution is 2.31. The summed E-state index contributed by atoms with van der Waals surface area (Å²) in [6.07, 6.45) is 3.69. The van der Waals surface area contributed by atoms with Gasteiger partial charge in [0.1, 0.15) is 5.75 Å². The normalized spacial score (nSPS) is 16.1. The van der Waals surface area contributed by atoms with E-state index in [0.29, 0.717) is 4.91 Å². The second kappa shape index (κ2) is 8.20. The number of nitrogens with zero attached hydrogens (tertiary/aromatic N) is 1. The number of benzene rings is 2. The number of allylic oxidation sites excluding steroid dienone is 2. The number of phenolic OH excluding ortho intramolecular Hbond substituents is 1. The highest BCUT2D eigenvalue weighted by Gasteiger charge is 2.34. The van der Waals surface area contributed by atoms with Crippen molar-refractivity contribution in [3.8, 4) is 5.75 Å². The van der Waals surface area contributed by atoms with Gasteiger partial charge in [0, 0.05) is 0 Å². The first-order valence-corrected chi connectivity index (χ1v) is 9.28. The van der Waals surface area contributed by atoms with Crippen molar-refractivity contribution in [3.05, 3.63) is 82.3 Å². The summed E-state index contributed by atoms with van der Waals surface area (Å²) in [7, 11) is 0. The summed E-state index contributed by atoms with van der Waals surface area (Å²) < 4.78 is 0.225. The van der Waals surface area contributed by atoms with Crippen molar-refractivity contribution in [3.63, 3.8) is 0 Å². The molecular formula is C20H16N2O3S2. The second-order valence-electron chi connectivity index (χ2n) is 5.77. The Morgan fingerprint density at radius 2 is 1.81 bits per heavy atom. The van der Waals surface area contributed by atoms with Gasteiger partial charge in [-0.05, 0) is 48.5 Å². The zero-order valence-electron chi connectivity index (χ0n) is 14.4. The Balaban J connectivity index is 1.76. The van der Waals surface area contributed by atoms with Gasteiger partial charge in [-0.2, -0.15) is 5.01 Å². The maximum atomic E-state index is 12.6. The van der Waals surface area contributed by atoms with Gasteiger partial charge < -0.3 is 5.11 Å². The summed E-state index contributed by atoms with van der Waals surface area (Å²) in [4.78, 5) is 25.3. The smallest absolute Gasteiger partial charge is 0.285 e. The molecule has 0 bridgehead atoms. The molecular weight excluding hydrogens is 380 g/mol. The van der Waals surface area contributed by atoms with Gasteiger partial charge in [0.2, 0.25) is 0 Å². The van der Waals surface area contributed by atoms with Crippen molar-refractivity contribution in [1.29, 1.82) is 0 Å². The number of aromatic hydroxyl groups is 1. The molecule has 2 aromatic rings. The van der Waals surface area contributed by atoms with Gasteiger partial charge in [0.25, 0.3) is 11.8 Å². The maximum absolute atomic E-state index is 12.6. The number of hydrogen-bond acceptors (Lipinski definition) is 5. The lowest BCUT2D eigenvalue weighted by Crippen LogP contribution is -2.44. The third-order valence-electron chi connectivity index (χ3n) is 3.71. The summed E-state index contributed by atoms with van der Waals surface area (Å²) in [5, 5.41) is 10.8. The zero-order chi connectivity index (χ0) is 19.4. The number of hydrazine groups is 1. The average Bonchev–Trinajstić information content (AvgIpc) is 2.90. The molecule has 1 aliphatic heterocycles. The quantitative estimate of drug-likeness (QED) is 0.606. The minimum atomic E-state index is -0.609. The number of carbonyl (C=O) groups is 2. The number of para-hydroxylation sites is 1. The highest BCUT2D eigenvalue weighted by atomic mass is 32.2. The average molecular weight is 396 g/mol. The molecule has 0 aromatic heterocycles. The van der Waals surface area contributed by atoms with E-state index in [-0.39, 0.29) is 15.6 Å². The zero-order valence-corrected chi connectivity index (χ0v) is 16.0. The summed E-state index contributed by atoms with van der Waals surface area (Å²) in [5.41, 5.74) is 4.42. The molecule has 1 heterocycles. The van der Waals surface area contributed by atoms with Gasteiger partial charge in [0.05, 0.1) is 10.5 Å². The van der Waals surface area contributed by atoms with E-state index >= 15 is 0 Å². The number of carbonyl (C=O) groups excluding carboxylic acids is 2. The number of phenols is 1. The topological polar surface area (TPSA) is 69.6 Å². The van der Waals surface area contributed by atoms with Gasteiger partial charge >= 0.3 is 0 Å². The van der Waals surface area contributed by atoms with Crippen LogP contribution in [-0.2, 0) is 4.79 Å². The predicted molar refractivity (Wildman–Crippen MR) is 111 cm³/mol. The Bertz CT molecular complexity index is 968. The molecule has 1 fully saturated rings. The second-order valence-corrected chi connectivity index (χ2v) is 7.45. The Hall–Kier alpha value is -2.90. The van der Waals surface area contributed by atoms with Gasteiger partial charge in [0.15, 0.2) is 4.32 Å². The first-order chi connectivity index (χ1) is 13.0. The molecule has 3 rings (SSSR count). The van der Waals surface area contributed by atoms with Crippen LogP contribution >= 0.6 is 24.0 Å². The molecule has 2 aromatic carbocycles. The fraction of sp³-hybridized carbons (Fsp3) is 0.0500. The SMILES string of the molecule is CC(=C/c1ccccc1)/C=C1/SC(=S)N(NC(=O)c2ccccc2O)C1=O. The van der Waals surface area contributed by atoms with Gasteiger partial charge in [-0.15, -0.1) is 0 Å². The van der Waals surface area contributed by atoms with E-state index in [9.17, 15) is 14.7 Å². The summed E-state index contributed by atoms with van der Waals surface area (Å²) in [6.45, 7) is 1.89. The Kier molecular flexibility index (Phi) is 5.73. The van der Waals surface area contributed by atoms with Crippen molar-refractivity contribution in [2.24, 2.45) is 0 Å². The largest absolute Gasteiger partial charge is 0.507 e. The molecule has 0 aliphatic carbocycles. The van der Waals surface area contributed by atoms with Crippen LogP contribution in [-0.4, -0.2) is 26.3 Å². The van der Waals surface area contributed by atoms with E-state index in [1.54, 1.807) is 18.2 Å². The number of nitrogens with one attached hydrogen (secondary N) is 1. The number of rotatable bonds is 4. The third-order valence-corrected chi connectivity index (χ3v) is 5.01. The standard InChI is InChI=1S/C20H16N2O3S2/c1-13(11-14-7-3-2-4-8-14)12-17-19(25)22(20(26)27-17)21-18(24)15-9-5-6-10-16(15)23/h2-12,23H,1H3,(H,21,24)/b13-11-,17-12+. The minimum Gasteiger partial charge on any atom is -0.507 e. The number of amides is 2. The van der Waals surface area contributed by atoms with Crippen molar-refractivity contribution in [2.45, 2.75) is 6.92 Å². The van der Waals surface area contributed by atoms with Crippen LogP contribution in [0.2, 0.25) is 0 Å². The molecule has 0 saturated carbocycles. The first-order valence-electron chi connectivity index (χ1n) is 8.06. The number of hydrogen-bond donors (Lipinski definition) is 2. The van der Waals surface area contributed by atoms with Gasteiger partial charge in [-0.3, -0.25) is 15.0 Å². The van der Waals surface area contributed by atoms with E-state index in [1.807, 2.05) is 43.3 Å². The van der Waals surface area contributed by atoms with E-state index in [0.717, 1.165) is 27.9 Å². The lowest BCUT2D eigenvalue weighted by molar-refractivity contribution is -0.123. The lowest BCUT2D eigenvalue weighted by atomic mass is 10.1. The molecule has 136 valence electrons.